The number of allylic oxidation sites excluding steroid dienone is 5. The van der Waals surface area contributed by atoms with E-state index in [1.165, 1.54) is 16.0 Å². The van der Waals surface area contributed by atoms with Gasteiger partial charge in [0.1, 0.15) is 5.76 Å². The van der Waals surface area contributed by atoms with E-state index in [9.17, 15) is 5.11 Å². The first-order valence-electron chi connectivity index (χ1n) is 5.41. The Morgan fingerprint density at radius 2 is 1.94 bits per heavy atom. The maximum Gasteiger partial charge on any atom is 0.112 e. The molecule has 0 heterocycles. The predicted molar refractivity (Wildman–Crippen MR) is 66.0 cm³/mol. The molecule has 0 fully saturated rings. The summed E-state index contributed by atoms with van der Waals surface area (Å²) in [5, 5.41) is 12.0. The van der Waals surface area contributed by atoms with Gasteiger partial charge in [-0.25, -0.2) is 0 Å². The van der Waals surface area contributed by atoms with Crippen molar-refractivity contribution >= 4 is 11.6 Å². The van der Waals surface area contributed by atoms with Gasteiger partial charge in [-0.3, -0.25) is 0 Å². The molecule has 0 saturated heterocycles. The van der Waals surface area contributed by atoms with Crippen molar-refractivity contribution in [2.75, 3.05) is 0 Å². The van der Waals surface area contributed by atoms with Gasteiger partial charge in [0.25, 0.3) is 0 Å². The average Bonchev–Trinajstić information content (AvgIpc) is 2.47. The van der Waals surface area contributed by atoms with Gasteiger partial charge in [0.05, 0.1) is 0 Å². The summed E-state index contributed by atoms with van der Waals surface area (Å²) in [5.41, 5.74) is 1.25. The molecule has 78 valence electrons. The van der Waals surface area contributed by atoms with Crippen molar-refractivity contribution in [2.24, 2.45) is 5.92 Å². The molecule has 0 radical (unpaired) electrons. The van der Waals surface area contributed by atoms with Crippen molar-refractivity contribution in [3.8, 4) is 0 Å². The molecule has 0 aromatic heterocycles. The molecule has 16 heavy (non-hydrogen) atoms. The van der Waals surface area contributed by atoms with Gasteiger partial charge in [0.15, 0.2) is 0 Å². The van der Waals surface area contributed by atoms with Crippen molar-refractivity contribution in [1.29, 1.82) is 0 Å². The Balaban J connectivity index is 2.37. The summed E-state index contributed by atoms with van der Waals surface area (Å²) in [6.45, 7) is 0. The molecule has 0 bridgehead atoms. The van der Waals surface area contributed by atoms with Gasteiger partial charge in [-0.05, 0) is 28.2 Å². The van der Waals surface area contributed by atoms with Crippen molar-refractivity contribution in [2.45, 2.75) is 0 Å². The third-order valence-electron chi connectivity index (χ3n) is 3.01. The second-order valence-corrected chi connectivity index (χ2v) is 4.04. The monoisotopic (exact) mass is 208 g/mol. The molecule has 0 aliphatic heterocycles. The second-order valence-electron chi connectivity index (χ2n) is 4.04. The maximum absolute atomic E-state index is 9.50. The Morgan fingerprint density at radius 1 is 1.06 bits per heavy atom. The van der Waals surface area contributed by atoms with Gasteiger partial charge >= 0.3 is 0 Å². The van der Waals surface area contributed by atoms with Gasteiger partial charge in [0.2, 0.25) is 0 Å². The summed E-state index contributed by atoms with van der Waals surface area (Å²) in [5.74, 6) is 0.530. The molecule has 2 aliphatic carbocycles. The summed E-state index contributed by atoms with van der Waals surface area (Å²) in [7, 11) is 0. The summed E-state index contributed by atoms with van der Waals surface area (Å²) < 4.78 is 0. The fourth-order valence-electron chi connectivity index (χ4n) is 2.23. The minimum atomic E-state index is 0.185. The van der Waals surface area contributed by atoms with E-state index in [0.717, 1.165) is 0 Å². The van der Waals surface area contributed by atoms with Crippen LogP contribution in [0.2, 0.25) is 0 Å². The number of fused-ring (bicyclic) bond motifs is 2. The molecule has 1 unspecified atom stereocenters. The number of rotatable bonds is 0. The normalized spacial score (nSPS) is 21.6. The van der Waals surface area contributed by atoms with Crippen LogP contribution in [0.3, 0.4) is 0 Å². The smallest absolute Gasteiger partial charge is 0.112 e. The Hall–Kier alpha value is -2.02. The molecule has 0 spiro atoms. The SMILES string of the molecule is OC1=CC2C=CC=c3ccccc3=C2C=C1. The predicted octanol–water partition coefficient (Wildman–Crippen LogP) is 1.82. The van der Waals surface area contributed by atoms with E-state index in [2.05, 4.69) is 30.4 Å². The van der Waals surface area contributed by atoms with E-state index >= 15 is 0 Å². The zero-order valence-corrected chi connectivity index (χ0v) is 8.80. The molecule has 2 aliphatic rings. The van der Waals surface area contributed by atoms with Gasteiger partial charge in [-0.1, -0.05) is 48.6 Å². The van der Waals surface area contributed by atoms with Crippen molar-refractivity contribution < 1.29 is 5.11 Å². The lowest BCUT2D eigenvalue weighted by atomic mass is 9.92. The first kappa shape index (κ1) is 9.22. The Kier molecular flexibility index (Phi) is 2.03. The molecule has 0 amide bonds. The molecule has 1 heteroatoms. The average molecular weight is 208 g/mol. The van der Waals surface area contributed by atoms with Crippen molar-refractivity contribution in [1.82, 2.24) is 0 Å². The molecular weight excluding hydrogens is 196 g/mol. The first-order valence-corrected chi connectivity index (χ1v) is 5.41. The number of benzene rings is 1. The third-order valence-corrected chi connectivity index (χ3v) is 3.01. The van der Waals surface area contributed by atoms with E-state index in [4.69, 9.17) is 0 Å². The molecule has 1 N–H and O–H groups in total. The van der Waals surface area contributed by atoms with E-state index in [1.807, 2.05) is 24.3 Å². The largest absolute Gasteiger partial charge is 0.508 e. The molecule has 1 aromatic rings. The summed E-state index contributed by atoms with van der Waals surface area (Å²) in [6.07, 6.45) is 11.9. The number of hydrogen-bond donors (Lipinski definition) is 1. The standard InChI is InChI=1S/C15H12O/c16-13-8-9-15-12(10-13)6-3-5-11-4-1-2-7-14(11)15/h1-10,12,16H. The molecule has 1 nitrogen and oxygen atoms in total. The van der Waals surface area contributed by atoms with Gasteiger partial charge in [-0.15, -0.1) is 0 Å². The van der Waals surface area contributed by atoms with Gasteiger partial charge < -0.3 is 5.11 Å². The minimum Gasteiger partial charge on any atom is -0.508 e. The van der Waals surface area contributed by atoms with Crippen LogP contribution in [0.5, 0.6) is 0 Å². The number of aliphatic hydroxyl groups is 1. The second kappa shape index (κ2) is 3.53. The Morgan fingerprint density at radius 3 is 2.88 bits per heavy atom. The maximum atomic E-state index is 9.50. The quantitative estimate of drug-likeness (QED) is 0.689. The van der Waals surface area contributed by atoms with Crippen LogP contribution in [0, 0.1) is 5.92 Å². The molecule has 1 aromatic carbocycles. The Bertz CT molecular complexity index is 630. The topological polar surface area (TPSA) is 20.2 Å². The van der Waals surface area contributed by atoms with E-state index in [1.54, 1.807) is 6.08 Å². The van der Waals surface area contributed by atoms with Gasteiger partial charge in [-0.2, -0.15) is 0 Å². The highest BCUT2D eigenvalue weighted by atomic mass is 16.3. The number of hydrogen-bond acceptors (Lipinski definition) is 1. The minimum absolute atomic E-state index is 0.185. The van der Waals surface area contributed by atoms with Crippen molar-refractivity contribution in [3.05, 3.63) is 70.8 Å². The highest BCUT2D eigenvalue weighted by Crippen LogP contribution is 2.23. The van der Waals surface area contributed by atoms with Crippen LogP contribution < -0.4 is 10.4 Å². The van der Waals surface area contributed by atoms with Crippen LogP contribution in [0.4, 0.5) is 0 Å². The molecule has 0 saturated carbocycles. The van der Waals surface area contributed by atoms with E-state index in [-0.39, 0.29) is 5.92 Å². The van der Waals surface area contributed by atoms with Crippen LogP contribution in [0.1, 0.15) is 0 Å². The van der Waals surface area contributed by atoms with Crippen LogP contribution in [-0.4, -0.2) is 5.11 Å². The fourth-order valence-corrected chi connectivity index (χ4v) is 2.23. The van der Waals surface area contributed by atoms with E-state index < -0.39 is 0 Å². The molecule has 1 atom stereocenters. The van der Waals surface area contributed by atoms with Crippen molar-refractivity contribution in [3.63, 3.8) is 0 Å². The summed E-state index contributed by atoms with van der Waals surface area (Å²) in [6, 6.07) is 8.33. The lowest BCUT2D eigenvalue weighted by Crippen LogP contribution is -2.27. The van der Waals surface area contributed by atoms with Gasteiger partial charge in [0, 0.05) is 5.92 Å². The lowest BCUT2D eigenvalue weighted by Gasteiger charge is -2.13. The first-order chi connectivity index (χ1) is 7.84. The number of aliphatic hydroxyl groups excluding tert-OH is 1. The fraction of sp³-hybridized carbons (Fsp3) is 0.0667. The molecule has 3 rings (SSSR count). The highest BCUT2D eigenvalue weighted by molar-refractivity contribution is 5.68. The zero-order chi connectivity index (χ0) is 11.0. The van der Waals surface area contributed by atoms with Crippen LogP contribution in [0.15, 0.2) is 60.4 Å². The summed E-state index contributed by atoms with van der Waals surface area (Å²) in [4.78, 5) is 0. The van der Waals surface area contributed by atoms with Crippen LogP contribution >= 0.6 is 0 Å². The van der Waals surface area contributed by atoms with E-state index in [0.29, 0.717) is 5.76 Å². The van der Waals surface area contributed by atoms with Crippen LogP contribution in [-0.2, 0) is 0 Å². The lowest BCUT2D eigenvalue weighted by molar-refractivity contribution is 0.427. The van der Waals surface area contributed by atoms with Crippen LogP contribution in [0.25, 0.3) is 11.6 Å². The highest BCUT2D eigenvalue weighted by Gasteiger charge is 2.13. The third kappa shape index (κ3) is 1.41. The molecular formula is C15H12O. The summed E-state index contributed by atoms with van der Waals surface area (Å²) >= 11 is 0. The Labute approximate surface area is 94.1 Å². The zero-order valence-electron chi connectivity index (χ0n) is 8.80.